The summed E-state index contributed by atoms with van der Waals surface area (Å²) in [5, 5.41) is 12.8. The summed E-state index contributed by atoms with van der Waals surface area (Å²) in [7, 11) is 3.00. The normalized spacial score (nSPS) is 13.3. The van der Waals surface area contributed by atoms with Gasteiger partial charge >= 0.3 is 5.97 Å². The molecule has 0 radical (unpaired) electrons. The zero-order valence-electron chi connectivity index (χ0n) is 18.1. The lowest BCUT2D eigenvalue weighted by Gasteiger charge is -2.11. The predicted molar refractivity (Wildman–Crippen MR) is 127 cm³/mol. The second kappa shape index (κ2) is 8.64. The van der Waals surface area contributed by atoms with Gasteiger partial charge in [-0.3, -0.25) is 18.6 Å². The van der Waals surface area contributed by atoms with Gasteiger partial charge in [-0.1, -0.05) is 23.9 Å². The van der Waals surface area contributed by atoms with Crippen molar-refractivity contribution in [1.29, 1.82) is 0 Å². The molecule has 0 saturated heterocycles. The van der Waals surface area contributed by atoms with Crippen LogP contribution in [0.15, 0.2) is 34.2 Å². The first-order valence-electron chi connectivity index (χ1n) is 10.5. The molecule has 0 bridgehead atoms. The number of hydrogen-bond acceptors (Lipinski definition) is 8. The van der Waals surface area contributed by atoms with Crippen molar-refractivity contribution in [3.05, 3.63) is 50.6 Å². The minimum atomic E-state index is -0.423. The molecule has 33 heavy (non-hydrogen) atoms. The summed E-state index contributed by atoms with van der Waals surface area (Å²) in [6, 6.07) is 7.23. The monoisotopic (exact) mass is 483 g/mol. The number of fused-ring (bicyclic) bond motifs is 4. The molecule has 0 unspecified atom stereocenters. The second-order valence-corrected chi connectivity index (χ2v) is 9.79. The molecular formula is C22H21N5O4S2. The number of esters is 1. The van der Waals surface area contributed by atoms with E-state index < -0.39 is 5.97 Å². The quantitative estimate of drug-likeness (QED) is 0.343. The summed E-state index contributed by atoms with van der Waals surface area (Å²) >= 11 is 2.67. The number of aryl methyl sites for hydroxylation is 2. The van der Waals surface area contributed by atoms with Gasteiger partial charge in [-0.2, -0.15) is 0 Å². The van der Waals surface area contributed by atoms with Gasteiger partial charge in [0.2, 0.25) is 11.7 Å². The SMILES string of the molecule is COC(=O)c1c(NC(=O)CSc2nnc3n(C)c(=O)c4ccccc4n23)sc2c1CCCC2. The van der Waals surface area contributed by atoms with Crippen molar-refractivity contribution in [2.75, 3.05) is 18.2 Å². The number of carbonyl (C=O) groups excluding carboxylic acids is 2. The number of anilines is 1. The lowest BCUT2D eigenvalue weighted by molar-refractivity contribution is -0.113. The summed E-state index contributed by atoms with van der Waals surface area (Å²) in [6.45, 7) is 0. The number of rotatable bonds is 5. The van der Waals surface area contributed by atoms with Crippen molar-refractivity contribution in [3.8, 4) is 0 Å². The fourth-order valence-corrected chi connectivity index (χ4v) is 6.20. The lowest BCUT2D eigenvalue weighted by Crippen LogP contribution is -2.20. The Morgan fingerprint density at radius 2 is 2.00 bits per heavy atom. The smallest absolute Gasteiger partial charge is 0.341 e. The van der Waals surface area contributed by atoms with Crippen LogP contribution in [0.2, 0.25) is 0 Å². The van der Waals surface area contributed by atoms with E-state index in [0.717, 1.165) is 36.1 Å². The summed E-state index contributed by atoms with van der Waals surface area (Å²) in [5.41, 5.74) is 2.00. The van der Waals surface area contributed by atoms with Crippen LogP contribution in [-0.2, 0) is 29.4 Å². The van der Waals surface area contributed by atoms with E-state index in [0.29, 0.717) is 32.4 Å². The number of para-hydroxylation sites is 1. The van der Waals surface area contributed by atoms with Gasteiger partial charge < -0.3 is 10.1 Å². The van der Waals surface area contributed by atoms with Crippen molar-refractivity contribution < 1.29 is 14.3 Å². The molecule has 3 heterocycles. The molecule has 4 aromatic rings. The molecule has 1 aromatic carbocycles. The number of hydrogen-bond donors (Lipinski definition) is 1. The van der Waals surface area contributed by atoms with Crippen LogP contribution in [0, 0.1) is 0 Å². The molecule has 1 N–H and O–H groups in total. The Morgan fingerprint density at radius 3 is 2.82 bits per heavy atom. The first-order valence-corrected chi connectivity index (χ1v) is 12.3. The fourth-order valence-electron chi connectivity index (χ4n) is 4.17. The zero-order valence-corrected chi connectivity index (χ0v) is 19.7. The average molecular weight is 484 g/mol. The summed E-state index contributed by atoms with van der Waals surface area (Å²) in [5.74, 6) is -0.204. The van der Waals surface area contributed by atoms with E-state index >= 15 is 0 Å². The number of nitrogens with one attached hydrogen (secondary N) is 1. The molecule has 0 atom stereocenters. The Hall–Kier alpha value is -3.18. The highest BCUT2D eigenvalue weighted by Gasteiger charge is 2.27. The van der Waals surface area contributed by atoms with Crippen LogP contribution in [0.4, 0.5) is 5.00 Å². The number of thioether (sulfide) groups is 1. The maximum absolute atomic E-state index is 12.8. The van der Waals surface area contributed by atoms with E-state index in [2.05, 4.69) is 15.5 Å². The molecule has 0 fully saturated rings. The van der Waals surface area contributed by atoms with Gasteiger partial charge in [-0.05, 0) is 43.4 Å². The van der Waals surface area contributed by atoms with Crippen LogP contribution in [-0.4, -0.2) is 43.9 Å². The van der Waals surface area contributed by atoms with Crippen molar-refractivity contribution in [1.82, 2.24) is 19.2 Å². The highest BCUT2D eigenvalue weighted by molar-refractivity contribution is 7.99. The van der Waals surface area contributed by atoms with Gasteiger partial charge in [0, 0.05) is 11.9 Å². The Bertz CT molecular complexity index is 1470. The fraction of sp³-hybridized carbons (Fsp3) is 0.318. The van der Waals surface area contributed by atoms with Gasteiger partial charge in [0.05, 0.1) is 29.3 Å². The number of benzene rings is 1. The summed E-state index contributed by atoms with van der Waals surface area (Å²) in [4.78, 5) is 38.9. The van der Waals surface area contributed by atoms with Crippen LogP contribution in [0.3, 0.4) is 0 Å². The maximum Gasteiger partial charge on any atom is 0.341 e. The third-order valence-electron chi connectivity index (χ3n) is 5.74. The van der Waals surface area contributed by atoms with Gasteiger partial charge in [0.1, 0.15) is 5.00 Å². The Labute approximate surface area is 196 Å². The Morgan fingerprint density at radius 1 is 1.21 bits per heavy atom. The highest BCUT2D eigenvalue weighted by Crippen LogP contribution is 2.38. The second-order valence-electron chi connectivity index (χ2n) is 7.74. The third kappa shape index (κ3) is 3.70. The third-order valence-corrected chi connectivity index (χ3v) is 7.88. The summed E-state index contributed by atoms with van der Waals surface area (Å²) in [6.07, 6.45) is 3.83. The molecule has 5 rings (SSSR count). The number of nitrogens with zero attached hydrogens (tertiary/aromatic N) is 4. The molecule has 9 nitrogen and oxygen atoms in total. The first-order chi connectivity index (χ1) is 16.0. The summed E-state index contributed by atoms with van der Waals surface area (Å²) < 4.78 is 8.19. The molecule has 0 aliphatic heterocycles. The van der Waals surface area contributed by atoms with Crippen molar-refractivity contribution >= 4 is 56.7 Å². The molecule has 170 valence electrons. The van der Waals surface area contributed by atoms with Gasteiger partial charge in [-0.15, -0.1) is 21.5 Å². The van der Waals surface area contributed by atoms with E-state index in [1.54, 1.807) is 23.6 Å². The highest BCUT2D eigenvalue weighted by atomic mass is 32.2. The van der Waals surface area contributed by atoms with Crippen molar-refractivity contribution in [2.45, 2.75) is 30.8 Å². The van der Waals surface area contributed by atoms with Crippen molar-refractivity contribution in [2.24, 2.45) is 7.05 Å². The molecule has 11 heteroatoms. The number of ether oxygens (including phenoxy) is 1. The molecular weight excluding hydrogens is 462 g/mol. The largest absolute Gasteiger partial charge is 0.465 e. The number of carbonyl (C=O) groups is 2. The van der Waals surface area contributed by atoms with Crippen LogP contribution in [0.5, 0.6) is 0 Å². The standard InChI is InChI=1S/C22H21N5O4S2/c1-26-19(29)12-7-3-5-9-14(12)27-21(26)24-25-22(27)32-11-16(28)23-18-17(20(30)31-2)13-8-4-6-10-15(13)33-18/h3,5,7,9H,4,6,8,10-11H2,1-2H3,(H,23,28). The van der Waals surface area contributed by atoms with E-state index in [4.69, 9.17) is 4.74 Å². The Kier molecular flexibility index (Phi) is 5.67. The molecule has 1 aliphatic rings. The maximum atomic E-state index is 12.8. The number of thiophene rings is 1. The van der Waals surface area contributed by atoms with Gasteiger partial charge in [0.25, 0.3) is 5.56 Å². The topological polar surface area (TPSA) is 108 Å². The first kappa shape index (κ1) is 21.7. The van der Waals surface area contributed by atoms with E-state index in [9.17, 15) is 14.4 Å². The molecule has 3 aromatic heterocycles. The average Bonchev–Trinajstić information content (AvgIpc) is 3.42. The Balaban J connectivity index is 1.41. The van der Waals surface area contributed by atoms with Gasteiger partial charge in [-0.25, -0.2) is 4.79 Å². The molecule has 0 spiro atoms. The van der Waals surface area contributed by atoms with E-state index in [1.807, 2.05) is 12.1 Å². The van der Waals surface area contributed by atoms with E-state index in [1.165, 1.54) is 34.8 Å². The van der Waals surface area contributed by atoms with Crippen molar-refractivity contribution in [3.63, 3.8) is 0 Å². The predicted octanol–water partition coefficient (Wildman–Crippen LogP) is 3.04. The van der Waals surface area contributed by atoms with Crippen LogP contribution in [0.1, 0.15) is 33.6 Å². The lowest BCUT2D eigenvalue weighted by atomic mass is 9.95. The number of methoxy groups -OCH3 is 1. The minimum absolute atomic E-state index is 0.0706. The number of amides is 1. The van der Waals surface area contributed by atoms with E-state index in [-0.39, 0.29) is 17.2 Å². The van der Waals surface area contributed by atoms with Crippen LogP contribution < -0.4 is 10.9 Å². The minimum Gasteiger partial charge on any atom is -0.465 e. The molecule has 0 saturated carbocycles. The van der Waals surface area contributed by atoms with Crippen LogP contribution in [0.25, 0.3) is 16.7 Å². The zero-order chi connectivity index (χ0) is 23.1. The van der Waals surface area contributed by atoms with Crippen LogP contribution >= 0.6 is 23.1 Å². The molecule has 1 amide bonds. The molecule has 1 aliphatic carbocycles. The van der Waals surface area contributed by atoms with Gasteiger partial charge in [0.15, 0.2) is 5.16 Å². The number of aromatic nitrogens is 4.